The van der Waals surface area contributed by atoms with Crippen molar-refractivity contribution in [1.29, 1.82) is 0 Å². The average molecular weight is 578 g/mol. The summed E-state index contributed by atoms with van der Waals surface area (Å²) in [6.07, 6.45) is 0.0539. The molecule has 2 aliphatic heterocycles. The lowest BCUT2D eigenvalue weighted by Gasteiger charge is -2.46. The molecule has 2 fully saturated rings. The number of nitrogens with one attached hydrogen (secondary N) is 1. The molecule has 2 saturated heterocycles. The Hall–Kier alpha value is -4.51. The number of hydrogen-bond donors (Lipinski definition) is 2. The second-order valence-corrected chi connectivity index (χ2v) is 10.5. The third kappa shape index (κ3) is 6.20. The number of hydrazine groups is 1. The van der Waals surface area contributed by atoms with Crippen LogP contribution in [0, 0.1) is 11.6 Å². The Morgan fingerprint density at radius 3 is 2.48 bits per heavy atom. The SMILES string of the molecule is CCCN(C(=O)NCc1ccccc1)N1CC(=O)N2[C@@H](Cc3ccc(O)cc3)C(=O)N(Cc3cc(F)ccc3F)C[C@@H]21. The fourth-order valence-electron chi connectivity index (χ4n) is 5.54. The fraction of sp³-hybridized carbons (Fsp3) is 0.323. The molecule has 0 spiro atoms. The van der Waals surface area contributed by atoms with Crippen molar-refractivity contribution in [2.24, 2.45) is 0 Å². The number of phenolic OH excluding ortho intramolecular Hbond substituents is 1. The van der Waals surface area contributed by atoms with Crippen LogP contribution in [-0.2, 0) is 29.1 Å². The number of phenols is 1. The number of aromatic hydroxyl groups is 1. The zero-order chi connectivity index (χ0) is 29.8. The Morgan fingerprint density at radius 2 is 1.76 bits per heavy atom. The molecule has 2 N–H and O–H groups in total. The van der Waals surface area contributed by atoms with E-state index in [1.807, 2.05) is 37.3 Å². The van der Waals surface area contributed by atoms with Gasteiger partial charge in [-0.1, -0.05) is 49.4 Å². The van der Waals surface area contributed by atoms with Crippen LogP contribution in [0.3, 0.4) is 0 Å². The van der Waals surface area contributed by atoms with Crippen molar-refractivity contribution in [3.8, 4) is 5.75 Å². The minimum absolute atomic E-state index is 0.00121. The van der Waals surface area contributed by atoms with Gasteiger partial charge in [0.1, 0.15) is 29.6 Å². The van der Waals surface area contributed by atoms with E-state index in [0.717, 1.165) is 23.8 Å². The molecule has 42 heavy (non-hydrogen) atoms. The van der Waals surface area contributed by atoms with Gasteiger partial charge in [-0.2, -0.15) is 5.01 Å². The van der Waals surface area contributed by atoms with E-state index in [2.05, 4.69) is 5.32 Å². The molecule has 2 heterocycles. The molecule has 2 aliphatic rings. The van der Waals surface area contributed by atoms with Crippen LogP contribution in [0.25, 0.3) is 0 Å². The number of amides is 4. The van der Waals surface area contributed by atoms with Crippen LogP contribution in [0.4, 0.5) is 13.6 Å². The highest BCUT2D eigenvalue weighted by Crippen LogP contribution is 2.31. The van der Waals surface area contributed by atoms with Gasteiger partial charge in [-0.3, -0.25) is 14.6 Å². The number of urea groups is 1. The highest BCUT2D eigenvalue weighted by Gasteiger charge is 2.52. The number of fused-ring (bicyclic) bond motifs is 1. The molecule has 0 bridgehead atoms. The maximum absolute atomic E-state index is 14.6. The summed E-state index contributed by atoms with van der Waals surface area (Å²) in [6, 6.07) is 17.5. The molecular formula is C31H33F2N5O4. The Balaban J connectivity index is 1.45. The number of piperazine rings is 1. The number of benzene rings is 3. The quantitative estimate of drug-likeness (QED) is 0.405. The summed E-state index contributed by atoms with van der Waals surface area (Å²) < 4.78 is 28.6. The Morgan fingerprint density at radius 1 is 1.02 bits per heavy atom. The van der Waals surface area contributed by atoms with Crippen LogP contribution in [-0.4, -0.2) is 74.6 Å². The first-order valence-electron chi connectivity index (χ1n) is 13.9. The first kappa shape index (κ1) is 29.0. The van der Waals surface area contributed by atoms with Crippen LogP contribution in [0.1, 0.15) is 30.0 Å². The van der Waals surface area contributed by atoms with E-state index < -0.39 is 29.7 Å². The molecule has 0 radical (unpaired) electrons. The van der Waals surface area contributed by atoms with E-state index in [1.54, 1.807) is 17.1 Å². The standard InChI is InChI=1S/C31H33F2N5O4/c1-2-14-36(31(42)34-17-22-6-4-3-5-7-22)37-20-29(40)38-27(15-21-8-11-25(39)12-9-21)30(41)35(19-28(37)38)18-23-16-24(32)10-13-26(23)33/h3-13,16,27-28,39H,2,14-15,17-20H2,1H3,(H,34,42)/t27-,28+/m0/s1. The van der Waals surface area contributed by atoms with Gasteiger partial charge in [-0.05, 0) is 47.9 Å². The smallest absolute Gasteiger partial charge is 0.332 e. The van der Waals surface area contributed by atoms with Crippen molar-refractivity contribution >= 4 is 17.8 Å². The highest BCUT2D eigenvalue weighted by atomic mass is 19.1. The molecule has 5 rings (SSSR count). The van der Waals surface area contributed by atoms with Crippen molar-refractivity contribution in [1.82, 2.24) is 25.1 Å². The first-order chi connectivity index (χ1) is 20.2. The van der Waals surface area contributed by atoms with Crippen molar-refractivity contribution in [3.63, 3.8) is 0 Å². The minimum Gasteiger partial charge on any atom is -0.508 e. The highest BCUT2D eigenvalue weighted by molar-refractivity contribution is 5.91. The number of nitrogens with zero attached hydrogens (tertiary/aromatic N) is 4. The molecule has 0 saturated carbocycles. The number of halogens is 2. The monoisotopic (exact) mass is 577 g/mol. The zero-order valence-corrected chi connectivity index (χ0v) is 23.2. The summed E-state index contributed by atoms with van der Waals surface area (Å²) in [5.74, 6) is -1.93. The van der Waals surface area contributed by atoms with Gasteiger partial charge in [0.2, 0.25) is 11.8 Å². The Bertz CT molecular complexity index is 1440. The summed E-state index contributed by atoms with van der Waals surface area (Å²) in [5, 5.41) is 15.8. The van der Waals surface area contributed by atoms with Crippen molar-refractivity contribution in [2.45, 2.75) is 45.1 Å². The minimum atomic E-state index is -0.946. The van der Waals surface area contributed by atoms with Gasteiger partial charge in [0.25, 0.3) is 0 Å². The predicted molar refractivity (Wildman–Crippen MR) is 150 cm³/mol. The molecule has 0 aromatic heterocycles. The van der Waals surface area contributed by atoms with Gasteiger partial charge in [-0.25, -0.2) is 13.6 Å². The van der Waals surface area contributed by atoms with E-state index >= 15 is 0 Å². The molecular weight excluding hydrogens is 544 g/mol. The van der Waals surface area contributed by atoms with Gasteiger partial charge in [0, 0.05) is 31.6 Å². The second kappa shape index (κ2) is 12.6. The van der Waals surface area contributed by atoms with Crippen LogP contribution < -0.4 is 5.32 Å². The van der Waals surface area contributed by atoms with Gasteiger partial charge in [-0.15, -0.1) is 0 Å². The van der Waals surface area contributed by atoms with Crippen LogP contribution >= 0.6 is 0 Å². The van der Waals surface area contributed by atoms with Crippen LogP contribution in [0.2, 0.25) is 0 Å². The predicted octanol–water partition coefficient (Wildman–Crippen LogP) is 3.63. The lowest BCUT2D eigenvalue weighted by Crippen LogP contribution is -2.66. The maximum atomic E-state index is 14.6. The summed E-state index contributed by atoms with van der Waals surface area (Å²) in [4.78, 5) is 43.7. The largest absolute Gasteiger partial charge is 0.508 e. The number of hydrogen-bond acceptors (Lipinski definition) is 5. The maximum Gasteiger partial charge on any atom is 0.332 e. The van der Waals surface area contributed by atoms with Crippen LogP contribution in [0.5, 0.6) is 5.75 Å². The third-order valence-corrected chi connectivity index (χ3v) is 7.57. The summed E-state index contributed by atoms with van der Waals surface area (Å²) >= 11 is 0. The van der Waals surface area contributed by atoms with Gasteiger partial charge >= 0.3 is 6.03 Å². The van der Waals surface area contributed by atoms with Crippen LogP contribution in [0.15, 0.2) is 72.8 Å². The van der Waals surface area contributed by atoms with Crippen molar-refractivity contribution in [3.05, 3.63) is 101 Å². The molecule has 220 valence electrons. The van der Waals surface area contributed by atoms with E-state index in [1.165, 1.54) is 26.9 Å². The van der Waals surface area contributed by atoms with Gasteiger partial charge < -0.3 is 20.2 Å². The number of carbonyl (C=O) groups excluding carboxylic acids is 3. The molecule has 11 heteroatoms. The van der Waals surface area contributed by atoms with Gasteiger partial charge in [0.15, 0.2) is 0 Å². The molecule has 3 aromatic rings. The molecule has 4 amide bonds. The lowest BCUT2D eigenvalue weighted by molar-refractivity contribution is -0.157. The van der Waals surface area contributed by atoms with Crippen molar-refractivity contribution in [2.75, 3.05) is 19.6 Å². The van der Waals surface area contributed by atoms with Crippen molar-refractivity contribution < 1.29 is 28.3 Å². The Kier molecular flexibility index (Phi) is 8.67. The van der Waals surface area contributed by atoms with Gasteiger partial charge in [0.05, 0.1) is 13.1 Å². The molecule has 2 atom stereocenters. The molecule has 0 unspecified atom stereocenters. The van der Waals surface area contributed by atoms with E-state index in [-0.39, 0.29) is 49.3 Å². The summed E-state index contributed by atoms with van der Waals surface area (Å²) in [7, 11) is 0. The average Bonchev–Trinajstić information content (AvgIpc) is 3.31. The van der Waals surface area contributed by atoms with E-state index in [4.69, 9.17) is 0 Å². The molecule has 0 aliphatic carbocycles. The second-order valence-electron chi connectivity index (χ2n) is 10.5. The fourth-order valence-corrected chi connectivity index (χ4v) is 5.54. The molecule has 3 aromatic carbocycles. The summed E-state index contributed by atoms with van der Waals surface area (Å²) in [5.41, 5.74) is 1.64. The van der Waals surface area contributed by atoms with E-state index in [9.17, 15) is 28.3 Å². The Labute approximate surface area is 242 Å². The summed E-state index contributed by atoms with van der Waals surface area (Å²) in [6.45, 7) is 2.22. The normalized spacial score (nSPS) is 18.7. The number of carbonyl (C=O) groups is 3. The third-order valence-electron chi connectivity index (χ3n) is 7.57. The van der Waals surface area contributed by atoms with E-state index in [0.29, 0.717) is 25.1 Å². The first-order valence-corrected chi connectivity index (χ1v) is 13.9. The zero-order valence-electron chi connectivity index (χ0n) is 23.2. The lowest BCUT2D eigenvalue weighted by atomic mass is 9.99. The number of rotatable bonds is 9. The topological polar surface area (TPSA) is 96.4 Å². The molecule has 9 nitrogen and oxygen atoms in total.